The van der Waals surface area contributed by atoms with Crippen LogP contribution in [0.2, 0.25) is 0 Å². The van der Waals surface area contributed by atoms with Gasteiger partial charge in [0.15, 0.2) is 17.1 Å². The molecule has 0 aliphatic rings. The molecule has 0 saturated heterocycles. The number of ether oxygens (including phenoxy) is 3. The highest BCUT2D eigenvalue weighted by Gasteiger charge is 2.24. The van der Waals surface area contributed by atoms with Gasteiger partial charge in [-0.3, -0.25) is 4.79 Å². The molecule has 0 bridgehead atoms. The average molecular weight is 567 g/mol. The molecule has 11 heteroatoms. The summed E-state index contributed by atoms with van der Waals surface area (Å²) in [6.07, 6.45) is -0.365. The number of hydrogen-bond acceptors (Lipinski definition) is 9. The maximum Gasteiger partial charge on any atom is 0.341 e. The van der Waals surface area contributed by atoms with Gasteiger partial charge in [-0.2, -0.15) is 0 Å². The number of carbonyl (C=O) groups is 2. The minimum atomic E-state index is -0.501. The second-order valence-electron chi connectivity index (χ2n) is 8.84. The summed E-state index contributed by atoms with van der Waals surface area (Å²) in [5, 5.41) is 14.3. The fraction of sp³-hybridized carbons (Fsp3) is 0.286. The topological polar surface area (TPSA) is 105 Å². The molecule has 0 aliphatic heterocycles. The highest BCUT2D eigenvalue weighted by atomic mass is 32.2. The van der Waals surface area contributed by atoms with E-state index in [1.807, 2.05) is 75.7 Å². The highest BCUT2D eigenvalue weighted by molar-refractivity contribution is 7.99. The van der Waals surface area contributed by atoms with E-state index in [1.54, 1.807) is 11.7 Å². The zero-order chi connectivity index (χ0) is 28.1. The Labute approximate surface area is 235 Å². The standard InChI is InChI=1S/C28H30N4O5S2/c1-16-7-8-17(2)21(13-16)22-14-38-26(24(22)27(34)36-6)29-23(33)15-39-28-31-30-25(32(28)4)18(3)37-20-11-9-19(35-5)10-12-20/h7-14,18H,15H2,1-6H3,(H,29,33). The minimum absolute atomic E-state index is 0.0804. The van der Waals surface area contributed by atoms with Crippen molar-refractivity contribution in [2.24, 2.45) is 7.05 Å². The molecule has 1 atom stereocenters. The molecule has 0 spiro atoms. The summed E-state index contributed by atoms with van der Waals surface area (Å²) in [6.45, 7) is 5.87. The Hall–Kier alpha value is -3.83. The fourth-order valence-corrected chi connectivity index (χ4v) is 5.67. The predicted octanol–water partition coefficient (Wildman–Crippen LogP) is 5.83. The number of thioether (sulfide) groups is 1. The summed E-state index contributed by atoms with van der Waals surface area (Å²) in [6, 6.07) is 13.3. The third-order valence-corrected chi connectivity index (χ3v) is 7.97. The molecule has 2 aromatic heterocycles. The van der Waals surface area contributed by atoms with Crippen LogP contribution in [0.5, 0.6) is 11.5 Å². The second-order valence-corrected chi connectivity index (χ2v) is 10.7. The van der Waals surface area contributed by atoms with Crippen LogP contribution in [0.25, 0.3) is 11.1 Å². The number of nitrogens with one attached hydrogen (secondary N) is 1. The lowest BCUT2D eigenvalue weighted by molar-refractivity contribution is -0.113. The maximum atomic E-state index is 12.9. The Morgan fingerprint density at radius 3 is 2.46 bits per heavy atom. The largest absolute Gasteiger partial charge is 0.497 e. The number of esters is 1. The lowest BCUT2D eigenvalue weighted by Crippen LogP contribution is -2.16. The first-order valence-corrected chi connectivity index (χ1v) is 14.0. The number of amides is 1. The Morgan fingerprint density at radius 2 is 1.77 bits per heavy atom. The van der Waals surface area contributed by atoms with E-state index in [0.29, 0.717) is 27.3 Å². The van der Waals surface area contributed by atoms with Gasteiger partial charge in [0, 0.05) is 18.0 Å². The smallest absolute Gasteiger partial charge is 0.341 e. The average Bonchev–Trinajstić information content (AvgIpc) is 3.51. The van der Waals surface area contributed by atoms with Gasteiger partial charge in [-0.05, 0) is 56.2 Å². The van der Waals surface area contributed by atoms with Gasteiger partial charge in [0.05, 0.1) is 20.0 Å². The van der Waals surface area contributed by atoms with Crippen molar-refractivity contribution in [2.75, 3.05) is 25.3 Å². The molecular formula is C28H30N4O5S2. The summed E-state index contributed by atoms with van der Waals surface area (Å²) < 4.78 is 18.0. The lowest BCUT2D eigenvalue weighted by Gasteiger charge is -2.14. The van der Waals surface area contributed by atoms with Gasteiger partial charge in [-0.1, -0.05) is 35.5 Å². The van der Waals surface area contributed by atoms with Crippen molar-refractivity contribution in [2.45, 2.75) is 32.0 Å². The summed E-state index contributed by atoms with van der Waals surface area (Å²) >= 11 is 2.54. The number of aryl methyl sites for hydroxylation is 2. The van der Waals surface area contributed by atoms with Crippen LogP contribution in [-0.4, -0.2) is 46.6 Å². The molecule has 0 fully saturated rings. The Kier molecular flexibility index (Phi) is 8.93. The SMILES string of the molecule is COC(=O)c1c(-c2cc(C)ccc2C)csc1NC(=O)CSc1nnc(C(C)Oc2ccc(OC)cc2)n1C. The highest BCUT2D eigenvalue weighted by Crippen LogP contribution is 2.38. The maximum absolute atomic E-state index is 12.9. The summed E-state index contributed by atoms with van der Waals surface area (Å²) in [5.74, 6) is 1.35. The first-order chi connectivity index (χ1) is 18.7. The fourth-order valence-electron chi connectivity index (χ4n) is 3.99. The number of rotatable bonds is 10. The van der Waals surface area contributed by atoms with E-state index in [1.165, 1.54) is 30.2 Å². The third-order valence-electron chi connectivity index (χ3n) is 6.05. The van der Waals surface area contributed by atoms with Gasteiger partial charge in [-0.15, -0.1) is 21.5 Å². The van der Waals surface area contributed by atoms with Crippen molar-refractivity contribution in [1.29, 1.82) is 0 Å². The molecule has 1 amide bonds. The number of methoxy groups -OCH3 is 2. The van der Waals surface area contributed by atoms with Crippen molar-refractivity contribution in [1.82, 2.24) is 14.8 Å². The number of nitrogens with zero attached hydrogens (tertiary/aromatic N) is 3. The molecule has 1 N–H and O–H groups in total. The van der Waals surface area contributed by atoms with Crippen LogP contribution in [-0.2, 0) is 16.6 Å². The molecule has 0 aliphatic carbocycles. The van der Waals surface area contributed by atoms with Gasteiger partial charge in [0.25, 0.3) is 0 Å². The summed E-state index contributed by atoms with van der Waals surface area (Å²) in [7, 11) is 4.77. The number of thiophene rings is 1. The van der Waals surface area contributed by atoms with Gasteiger partial charge >= 0.3 is 5.97 Å². The first-order valence-electron chi connectivity index (χ1n) is 12.1. The number of hydrogen-bond donors (Lipinski definition) is 1. The molecule has 39 heavy (non-hydrogen) atoms. The van der Waals surface area contributed by atoms with E-state index in [0.717, 1.165) is 28.0 Å². The Morgan fingerprint density at radius 1 is 1.05 bits per heavy atom. The van der Waals surface area contributed by atoms with Crippen LogP contribution >= 0.6 is 23.1 Å². The predicted molar refractivity (Wildman–Crippen MR) is 153 cm³/mol. The molecule has 9 nitrogen and oxygen atoms in total. The molecule has 4 aromatic rings. The van der Waals surface area contributed by atoms with Gasteiger partial charge in [-0.25, -0.2) is 4.79 Å². The normalized spacial score (nSPS) is 11.6. The van der Waals surface area contributed by atoms with Gasteiger partial charge in [0.2, 0.25) is 5.91 Å². The van der Waals surface area contributed by atoms with Crippen molar-refractivity contribution in [3.05, 3.63) is 70.4 Å². The minimum Gasteiger partial charge on any atom is -0.497 e. The summed E-state index contributed by atoms with van der Waals surface area (Å²) in [4.78, 5) is 25.6. The molecule has 2 heterocycles. The number of anilines is 1. The van der Waals surface area contributed by atoms with Crippen LogP contribution in [0.3, 0.4) is 0 Å². The zero-order valence-corrected chi connectivity index (χ0v) is 24.2. The number of carbonyl (C=O) groups excluding carboxylic acids is 2. The molecule has 4 rings (SSSR count). The quantitative estimate of drug-likeness (QED) is 0.189. The second kappa shape index (κ2) is 12.4. The van der Waals surface area contributed by atoms with E-state index in [-0.39, 0.29) is 17.8 Å². The van der Waals surface area contributed by atoms with E-state index in [9.17, 15) is 9.59 Å². The van der Waals surface area contributed by atoms with Gasteiger partial charge in [0.1, 0.15) is 22.1 Å². The Bertz CT molecular complexity index is 1480. The van der Waals surface area contributed by atoms with Crippen molar-refractivity contribution in [3.8, 4) is 22.6 Å². The van der Waals surface area contributed by atoms with Crippen molar-refractivity contribution >= 4 is 40.0 Å². The monoisotopic (exact) mass is 566 g/mol. The lowest BCUT2D eigenvalue weighted by atomic mass is 9.97. The van der Waals surface area contributed by atoms with Gasteiger partial charge < -0.3 is 24.1 Å². The molecule has 0 radical (unpaired) electrons. The van der Waals surface area contributed by atoms with Crippen molar-refractivity contribution < 1.29 is 23.8 Å². The zero-order valence-electron chi connectivity index (χ0n) is 22.6. The molecule has 0 saturated carbocycles. The molecule has 1 unspecified atom stereocenters. The van der Waals surface area contributed by atoms with E-state index < -0.39 is 5.97 Å². The van der Waals surface area contributed by atoms with E-state index in [4.69, 9.17) is 14.2 Å². The van der Waals surface area contributed by atoms with Crippen LogP contribution in [0.15, 0.2) is 53.0 Å². The number of aromatic nitrogens is 3. The number of benzene rings is 2. The Balaban J connectivity index is 1.43. The van der Waals surface area contributed by atoms with Crippen LogP contribution in [0.4, 0.5) is 5.00 Å². The van der Waals surface area contributed by atoms with Crippen LogP contribution in [0.1, 0.15) is 40.3 Å². The molecule has 2 aromatic carbocycles. The molecular weight excluding hydrogens is 536 g/mol. The first kappa shape index (κ1) is 28.2. The van der Waals surface area contributed by atoms with Crippen LogP contribution in [0, 0.1) is 13.8 Å². The summed E-state index contributed by atoms with van der Waals surface area (Å²) in [5.41, 5.74) is 4.12. The molecule has 204 valence electrons. The van der Waals surface area contributed by atoms with Crippen molar-refractivity contribution in [3.63, 3.8) is 0 Å². The van der Waals surface area contributed by atoms with Crippen LogP contribution < -0.4 is 14.8 Å². The van der Waals surface area contributed by atoms with E-state index in [2.05, 4.69) is 15.5 Å². The third kappa shape index (κ3) is 6.43. The van der Waals surface area contributed by atoms with E-state index >= 15 is 0 Å².